The first-order valence-electron chi connectivity index (χ1n) is 8.24. The quantitative estimate of drug-likeness (QED) is 0.782. The highest BCUT2D eigenvalue weighted by molar-refractivity contribution is 5.70. The summed E-state index contributed by atoms with van der Waals surface area (Å²) < 4.78 is 12.9. The minimum atomic E-state index is -0.324. The number of aromatic nitrogens is 3. The molecule has 0 aliphatic heterocycles. The van der Waals surface area contributed by atoms with Crippen molar-refractivity contribution in [1.29, 1.82) is 0 Å². The maximum absolute atomic E-state index is 11.7. The van der Waals surface area contributed by atoms with E-state index in [1.807, 2.05) is 18.5 Å². The minimum absolute atomic E-state index is 0.0309. The lowest BCUT2D eigenvalue weighted by Crippen LogP contribution is -2.20. The summed E-state index contributed by atoms with van der Waals surface area (Å²) in [4.78, 5) is 11.7. The number of ether oxygens (including phenoxy) is 2. The molecule has 1 aliphatic carbocycles. The normalized spacial score (nSPS) is 18.9. The van der Waals surface area contributed by atoms with Crippen molar-refractivity contribution < 1.29 is 14.3 Å². The smallest absolute Gasteiger partial charge is 0.332 e. The van der Waals surface area contributed by atoms with Crippen molar-refractivity contribution in [3.8, 4) is 0 Å². The SMILES string of the molecule is CC(C)OC(=O)COC1CCCCCc2c1nnn2C(C)C. The number of carbonyl (C=O) groups excluding carboxylic acids is 1. The largest absolute Gasteiger partial charge is 0.461 e. The van der Waals surface area contributed by atoms with Crippen LogP contribution in [-0.4, -0.2) is 33.7 Å². The van der Waals surface area contributed by atoms with Crippen molar-refractivity contribution in [1.82, 2.24) is 15.0 Å². The lowest BCUT2D eigenvalue weighted by atomic mass is 9.98. The number of fused-ring (bicyclic) bond motifs is 1. The Morgan fingerprint density at radius 3 is 2.73 bits per heavy atom. The minimum Gasteiger partial charge on any atom is -0.461 e. The summed E-state index contributed by atoms with van der Waals surface area (Å²) in [5.41, 5.74) is 2.04. The van der Waals surface area contributed by atoms with Crippen LogP contribution in [0.3, 0.4) is 0 Å². The van der Waals surface area contributed by atoms with Crippen LogP contribution in [0.15, 0.2) is 0 Å². The molecule has 1 aliphatic rings. The van der Waals surface area contributed by atoms with Gasteiger partial charge in [-0.3, -0.25) is 0 Å². The maximum Gasteiger partial charge on any atom is 0.332 e. The van der Waals surface area contributed by atoms with Gasteiger partial charge in [-0.2, -0.15) is 0 Å². The van der Waals surface area contributed by atoms with E-state index in [-0.39, 0.29) is 30.8 Å². The van der Waals surface area contributed by atoms with Crippen molar-refractivity contribution in [2.24, 2.45) is 0 Å². The summed E-state index contributed by atoms with van der Waals surface area (Å²) in [5, 5.41) is 8.61. The predicted octanol–water partition coefficient (Wildman–Crippen LogP) is 2.98. The number of carbonyl (C=O) groups is 1. The molecular formula is C16H27N3O3. The summed E-state index contributed by atoms with van der Waals surface area (Å²) in [5.74, 6) is -0.324. The number of esters is 1. The van der Waals surface area contributed by atoms with Crippen LogP contribution in [0.2, 0.25) is 0 Å². The molecule has 1 aromatic heterocycles. The molecule has 22 heavy (non-hydrogen) atoms. The first kappa shape index (κ1) is 16.9. The molecule has 124 valence electrons. The summed E-state index contributed by atoms with van der Waals surface area (Å²) in [6.07, 6.45) is 4.95. The fourth-order valence-corrected chi connectivity index (χ4v) is 2.80. The van der Waals surface area contributed by atoms with Gasteiger partial charge >= 0.3 is 5.97 Å². The van der Waals surface area contributed by atoms with Gasteiger partial charge in [0.05, 0.1) is 11.8 Å². The fourth-order valence-electron chi connectivity index (χ4n) is 2.80. The Morgan fingerprint density at radius 1 is 1.27 bits per heavy atom. The standard InChI is InChI=1S/C16H27N3O3/c1-11(2)19-13-8-6-5-7-9-14(16(13)17-18-19)21-10-15(20)22-12(3)4/h11-12,14H,5-10H2,1-4H3. The molecule has 0 aromatic carbocycles. The molecule has 6 heteroatoms. The maximum atomic E-state index is 11.7. The molecule has 1 atom stereocenters. The van der Waals surface area contributed by atoms with Crippen molar-refractivity contribution in [2.75, 3.05) is 6.61 Å². The molecule has 6 nitrogen and oxygen atoms in total. The zero-order valence-electron chi connectivity index (χ0n) is 14.0. The van der Waals surface area contributed by atoms with E-state index >= 15 is 0 Å². The van der Waals surface area contributed by atoms with Crippen molar-refractivity contribution in [3.63, 3.8) is 0 Å². The first-order valence-corrected chi connectivity index (χ1v) is 8.24. The van der Waals surface area contributed by atoms with E-state index in [2.05, 4.69) is 24.2 Å². The Morgan fingerprint density at radius 2 is 2.05 bits per heavy atom. The molecule has 2 rings (SSSR count). The zero-order valence-corrected chi connectivity index (χ0v) is 14.0. The number of hydrogen-bond acceptors (Lipinski definition) is 5. The second kappa shape index (κ2) is 7.72. The third-order valence-corrected chi connectivity index (χ3v) is 3.76. The van der Waals surface area contributed by atoms with Crippen LogP contribution < -0.4 is 0 Å². The topological polar surface area (TPSA) is 66.2 Å². The van der Waals surface area contributed by atoms with Gasteiger partial charge in [0.15, 0.2) is 0 Å². The summed E-state index contributed by atoms with van der Waals surface area (Å²) in [6.45, 7) is 7.84. The molecule has 0 radical (unpaired) electrons. The monoisotopic (exact) mass is 309 g/mol. The van der Waals surface area contributed by atoms with Crippen molar-refractivity contribution in [3.05, 3.63) is 11.4 Å². The Hall–Kier alpha value is -1.43. The lowest BCUT2D eigenvalue weighted by molar-refractivity contribution is -0.155. The van der Waals surface area contributed by atoms with Crippen LogP contribution in [0.1, 0.15) is 76.9 Å². The second-order valence-electron chi connectivity index (χ2n) is 6.40. The summed E-state index contributed by atoms with van der Waals surface area (Å²) in [6, 6.07) is 0.280. The van der Waals surface area contributed by atoms with Crippen LogP contribution in [0, 0.1) is 0 Å². The van der Waals surface area contributed by atoms with E-state index in [4.69, 9.17) is 9.47 Å². The van der Waals surface area contributed by atoms with E-state index in [1.165, 1.54) is 6.42 Å². The van der Waals surface area contributed by atoms with Crippen LogP contribution in [0.4, 0.5) is 0 Å². The number of nitrogens with zero attached hydrogens (tertiary/aromatic N) is 3. The summed E-state index contributed by atoms with van der Waals surface area (Å²) >= 11 is 0. The van der Waals surface area contributed by atoms with E-state index in [0.29, 0.717) is 0 Å². The van der Waals surface area contributed by atoms with Gasteiger partial charge in [0.2, 0.25) is 0 Å². The van der Waals surface area contributed by atoms with Gasteiger partial charge in [-0.05, 0) is 47.0 Å². The Labute approximate surface area is 132 Å². The first-order chi connectivity index (χ1) is 10.5. The highest BCUT2D eigenvalue weighted by Gasteiger charge is 2.25. The van der Waals surface area contributed by atoms with Gasteiger partial charge in [-0.1, -0.05) is 18.1 Å². The van der Waals surface area contributed by atoms with E-state index in [1.54, 1.807) is 0 Å². The zero-order chi connectivity index (χ0) is 16.1. The van der Waals surface area contributed by atoms with Crippen LogP contribution in [0.25, 0.3) is 0 Å². The molecule has 0 spiro atoms. The highest BCUT2D eigenvalue weighted by atomic mass is 16.6. The molecular weight excluding hydrogens is 282 g/mol. The Kier molecular flexibility index (Phi) is 5.94. The van der Waals surface area contributed by atoms with E-state index in [0.717, 1.165) is 37.1 Å². The molecule has 0 saturated carbocycles. The van der Waals surface area contributed by atoms with Gasteiger partial charge in [0, 0.05) is 6.04 Å². The summed E-state index contributed by atoms with van der Waals surface area (Å²) in [7, 11) is 0. The highest BCUT2D eigenvalue weighted by Crippen LogP contribution is 2.30. The van der Waals surface area contributed by atoms with Crippen molar-refractivity contribution in [2.45, 2.75) is 78.0 Å². The van der Waals surface area contributed by atoms with Crippen LogP contribution in [-0.2, 0) is 20.7 Å². The Bertz CT molecular complexity index is 497. The van der Waals surface area contributed by atoms with Crippen LogP contribution in [0.5, 0.6) is 0 Å². The predicted molar refractivity (Wildman–Crippen MR) is 82.5 cm³/mol. The molecule has 1 heterocycles. The number of rotatable bonds is 5. The van der Waals surface area contributed by atoms with Gasteiger partial charge in [-0.15, -0.1) is 5.10 Å². The second-order valence-corrected chi connectivity index (χ2v) is 6.40. The van der Waals surface area contributed by atoms with Crippen molar-refractivity contribution >= 4 is 5.97 Å². The average molecular weight is 309 g/mol. The molecule has 0 saturated heterocycles. The molecule has 1 unspecified atom stereocenters. The molecule has 1 aromatic rings. The lowest BCUT2D eigenvalue weighted by Gasteiger charge is -2.20. The van der Waals surface area contributed by atoms with Gasteiger partial charge in [0.1, 0.15) is 18.4 Å². The van der Waals surface area contributed by atoms with Gasteiger partial charge < -0.3 is 9.47 Å². The van der Waals surface area contributed by atoms with Crippen LogP contribution >= 0.6 is 0 Å². The van der Waals surface area contributed by atoms with Gasteiger partial charge in [0.25, 0.3) is 0 Å². The van der Waals surface area contributed by atoms with E-state index < -0.39 is 0 Å². The third-order valence-electron chi connectivity index (χ3n) is 3.76. The molecule has 0 bridgehead atoms. The fraction of sp³-hybridized carbons (Fsp3) is 0.812. The molecule has 0 fully saturated rings. The third kappa shape index (κ3) is 4.29. The van der Waals surface area contributed by atoms with Gasteiger partial charge in [-0.25, -0.2) is 9.48 Å². The molecule has 0 N–H and O–H groups in total. The van der Waals surface area contributed by atoms with E-state index in [9.17, 15) is 4.79 Å². The number of hydrogen-bond donors (Lipinski definition) is 0. The molecule has 0 amide bonds. The average Bonchev–Trinajstić information content (AvgIpc) is 2.80. The Balaban J connectivity index is 2.10.